The van der Waals surface area contributed by atoms with Crippen molar-refractivity contribution in [3.05, 3.63) is 0 Å². The summed E-state index contributed by atoms with van der Waals surface area (Å²) in [6, 6.07) is -1.27. The zero-order chi connectivity index (χ0) is 30.0. The number of hydrogen-bond acceptors (Lipinski definition) is 6. The van der Waals surface area contributed by atoms with Crippen LogP contribution in [0.4, 0.5) is 0 Å². The number of hydrogen-bond donors (Lipinski definition) is 5. The molecule has 0 heterocycles. The molecule has 0 aromatic carbocycles. The Balaban J connectivity index is 3.81. The van der Waals surface area contributed by atoms with E-state index in [4.69, 9.17) is 5.11 Å². The van der Waals surface area contributed by atoms with Crippen LogP contribution >= 0.6 is 9.24 Å². The van der Waals surface area contributed by atoms with Gasteiger partial charge in [0.05, 0.1) is 6.04 Å². The first-order chi connectivity index (χ1) is 19.2. The number of carboxylic acids is 2. The van der Waals surface area contributed by atoms with E-state index in [2.05, 4.69) is 25.2 Å². The molecular weight excluding hydrogens is 533 g/mol. The summed E-state index contributed by atoms with van der Waals surface area (Å²) >= 11 is 0. The van der Waals surface area contributed by atoms with Gasteiger partial charge < -0.3 is 26.2 Å². The van der Waals surface area contributed by atoms with Crippen molar-refractivity contribution in [3.63, 3.8) is 0 Å². The summed E-state index contributed by atoms with van der Waals surface area (Å²) in [5.74, 6) is -2.40. The summed E-state index contributed by atoms with van der Waals surface area (Å²) in [4.78, 5) is 57.8. The predicted octanol–water partition coefficient (Wildman–Crippen LogP) is 4.55. The Labute approximate surface area is 242 Å². The van der Waals surface area contributed by atoms with E-state index >= 15 is 0 Å². The smallest absolute Gasteiger partial charge is 0.326 e. The van der Waals surface area contributed by atoms with Crippen LogP contribution in [0.25, 0.3) is 0 Å². The van der Waals surface area contributed by atoms with Crippen molar-refractivity contribution in [3.8, 4) is 0 Å². The van der Waals surface area contributed by atoms with Crippen LogP contribution in [0.1, 0.15) is 129 Å². The van der Waals surface area contributed by atoms with E-state index < -0.39 is 18.0 Å². The Hall–Kier alpha value is -2.06. The van der Waals surface area contributed by atoms with Crippen molar-refractivity contribution in [2.45, 2.75) is 141 Å². The van der Waals surface area contributed by atoms with Crippen molar-refractivity contribution in [2.75, 3.05) is 13.1 Å². The summed E-state index contributed by atoms with van der Waals surface area (Å²) in [5, 5.41) is 26.5. The van der Waals surface area contributed by atoms with Crippen LogP contribution in [-0.4, -0.2) is 64.7 Å². The zero-order valence-electron chi connectivity index (χ0n) is 24.5. The monoisotopic (exact) mass is 587 g/mol. The molecule has 0 rings (SSSR count). The quantitative estimate of drug-likeness (QED) is 0.0658. The van der Waals surface area contributed by atoms with Crippen molar-refractivity contribution in [2.24, 2.45) is 0 Å². The van der Waals surface area contributed by atoms with E-state index in [1.165, 1.54) is 25.7 Å². The average molecular weight is 588 g/mol. The number of carbonyl (C=O) groups is 5. The van der Waals surface area contributed by atoms with Gasteiger partial charge in [0.15, 0.2) is 5.52 Å². The van der Waals surface area contributed by atoms with E-state index in [1.54, 1.807) is 0 Å². The summed E-state index contributed by atoms with van der Waals surface area (Å²) in [7, 11) is 2.19. The number of rotatable bonds is 28. The molecule has 40 heavy (non-hydrogen) atoms. The van der Waals surface area contributed by atoms with E-state index in [0.29, 0.717) is 25.9 Å². The fourth-order valence-corrected chi connectivity index (χ4v) is 4.79. The van der Waals surface area contributed by atoms with Crippen molar-refractivity contribution < 1.29 is 34.2 Å². The maximum atomic E-state index is 12.2. The molecular formula is C29H54N3O7P. The molecule has 0 aromatic heterocycles. The minimum atomic E-state index is -1.14. The molecule has 5 N–H and O–H groups in total. The molecule has 11 heteroatoms. The maximum absolute atomic E-state index is 12.2. The third-order valence-corrected chi connectivity index (χ3v) is 7.28. The van der Waals surface area contributed by atoms with Gasteiger partial charge in [-0.1, -0.05) is 80.4 Å². The van der Waals surface area contributed by atoms with Gasteiger partial charge in [0.25, 0.3) is 0 Å². The van der Waals surface area contributed by atoms with Crippen LogP contribution in [0.3, 0.4) is 0 Å². The number of amides is 2. The first-order valence-corrected chi connectivity index (χ1v) is 15.8. The minimum absolute atomic E-state index is 0.0199. The number of carbonyl (C=O) groups excluding carboxylic acids is 3. The van der Waals surface area contributed by atoms with Crippen molar-refractivity contribution >= 4 is 38.5 Å². The average Bonchev–Trinajstić information content (AvgIpc) is 2.89. The van der Waals surface area contributed by atoms with Crippen LogP contribution in [0.5, 0.6) is 0 Å². The van der Waals surface area contributed by atoms with Gasteiger partial charge in [-0.2, -0.15) is 0 Å². The van der Waals surface area contributed by atoms with Gasteiger partial charge in [-0.3, -0.25) is 19.2 Å². The highest BCUT2D eigenvalue weighted by Gasteiger charge is 2.20. The highest BCUT2D eigenvalue weighted by Crippen LogP contribution is 2.13. The van der Waals surface area contributed by atoms with Crippen LogP contribution in [0, 0.1) is 0 Å². The molecule has 1 unspecified atom stereocenters. The van der Waals surface area contributed by atoms with Crippen LogP contribution < -0.4 is 16.0 Å². The Morgan fingerprint density at radius 3 is 1.62 bits per heavy atom. The molecule has 0 radical (unpaired) electrons. The third kappa shape index (κ3) is 23.8. The Morgan fingerprint density at radius 1 is 0.625 bits per heavy atom. The Morgan fingerprint density at radius 2 is 1.15 bits per heavy atom. The molecule has 0 bridgehead atoms. The molecule has 0 saturated carbocycles. The largest absolute Gasteiger partial charge is 0.481 e. The topological polar surface area (TPSA) is 162 Å². The first kappa shape index (κ1) is 37.9. The second-order valence-electron chi connectivity index (χ2n) is 10.5. The van der Waals surface area contributed by atoms with Gasteiger partial charge in [0, 0.05) is 25.8 Å². The van der Waals surface area contributed by atoms with E-state index in [9.17, 15) is 29.1 Å². The van der Waals surface area contributed by atoms with Crippen LogP contribution in [-0.2, 0) is 24.0 Å². The van der Waals surface area contributed by atoms with E-state index in [-0.39, 0.29) is 49.1 Å². The maximum Gasteiger partial charge on any atom is 0.326 e. The highest BCUT2D eigenvalue weighted by atomic mass is 31.0. The van der Waals surface area contributed by atoms with Gasteiger partial charge in [0.1, 0.15) is 6.04 Å². The lowest BCUT2D eigenvalue weighted by atomic mass is 10.0. The van der Waals surface area contributed by atoms with E-state index in [1.807, 2.05) is 6.92 Å². The molecule has 3 atom stereocenters. The van der Waals surface area contributed by atoms with Gasteiger partial charge in [0.2, 0.25) is 11.8 Å². The molecule has 0 aliphatic heterocycles. The first-order valence-electron chi connectivity index (χ1n) is 15.2. The summed E-state index contributed by atoms with van der Waals surface area (Å²) in [6.45, 7) is 3.12. The number of unbranched alkanes of at least 4 members (excludes halogenated alkanes) is 12. The number of aliphatic carboxylic acids is 2. The molecule has 2 amide bonds. The SMILES string of the molecule is CCN[C@@H](CCCCNC(=O)CC[C@H](NC(=O)CCCCCCCCCCCCCCC(=O)O)C(=O)O)C(=O)P. The predicted molar refractivity (Wildman–Crippen MR) is 160 cm³/mol. The molecule has 0 aliphatic carbocycles. The third-order valence-electron chi connectivity index (χ3n) is 6.87. The Kier molecular flexibility index (Phi) is 24.5. The number of likely N-dealkylation sites (N-methyl/N-ethyl adjacent to an activating group) is 1. The summed E-state index contributed by atoms with van der Waals surface area (Å²) < 4.78 is 0. The number of nitrogens with one attached hydrogen (secondary N) is 3. The molecule has 10 nitrogen and oxygen atoms in total. The fraction of sp³-hybridized carbons (Fsp3) is 0.828. The van der Waals surface area contributed by atoms with Gasteiger partial charge >= 0.3 is 11.9 Å². The highest BCUT2D eigenvalue weighted by molar-refractivity contribution is 7.40. The molecule has 0 aliphatic rings. The zero-order valence-corrected chi connectivity index (χ0v) is 25.7. The second kappa shape index (κ2) is 25.9. The molecule has 0 aromatic rings. The van der Waals surface area contributed by atoms with Crippen LogP contribution in [0.2, 0.25) is 0 Å². The van der Waals surface area contributed by atoms with Gasteiger partial charge in [-0.25, -0.2) is 4.79 Å². The fourth-order valence-electron chi connectivity index (χ4n) is 4.51. The second-order valence-corrected chi connectivity index (χ2v) is 11.1. The van der Waals surface area contributed by atoms with E-state index in [0.717, 1.165) is 57.8 Å². The molecule has 0 saturated heterocycles. The number of carboxylic acid groups (broad SMARTS) is 2. The molecule has 0 spiro atoms. The molecule has 0 fully saturated rings. The lowest BCUT2D eigenvalue weighted by molar-refractivity contribution is -0.142. The van der Waals surface area contributed by atoms with Crippen LogP contribution in [0.15, 0.2) is 0 Å². The summed E-state index contributed by atoms with van der Waals surface area (Å²) in [5.41, 5.74) is 0.0229. The summed E-state index contributed by atoms with van der Waals surface area (Å²) in [6.07, 6.45) is 15.4. The normalized spacial score (nSPS) is 12.4. The van der Waals surface area contributed by atoms with Crippen molar-refractivity contribution in [1.82, 2.24) is 16.0 Å². The lowest BCUT2D eigenvalue weighted by Gasteiger charge is -2.15. The van der Waals surface area contributed by atoms with Crippen molar-refractivity contribution in [1.29, 1.82) is 0 Å². The lowest BCUT2D eigenvalue weighted by Crippen LogP contribution is -2.41. The van der Waals surface area contributed by atoms with Gasteiger partial charge in [-0.15, -0.1) is 0 Å². The Bertz CT molecular complexity index is 736. The molecule has 232 valence electrons. The minimum Gasteiger partial charge on any atom is -0.481 e. The van der Waals surface area contributed by atoms with Gasteiger partial charge in [-0.05, 0) is 45.1 Å². The standard InChI is InChI=1S/C29H54N3O7P/c1-2-30-24(29(39)40)17-15-16-22-31-25(33)21-20-23(28(37)38)32-26(34)18-13-11-9-7-5-3-4-6-8-10-12-14-19-27(35)36/h23-24,30H,2-22,40H2,1H3,(H,31,33)(H,32,34)(H,35,36)(H,37,38)/t23-,24-/m0/s1.